The van der Waals surface area contributed by atoms with Crippen LogP contribution in [-0.4, -0.2) is 27.2 Å². The zero-order chi connectivity index (χ0) is 17.3. The van der Waals surface area contributed by atoms with Gasteiger partial charge in [-0.1, -0.05) is 92.5 Å². The van der Waals surface area contributed by atoms with Gasteiger partial charge >= 0.3 is 0 Å². The Balaban J connectivity index is 5.70. The highest BCUT2D eigenvalue weighted by Crippen LogP contribution is 2.46. The molecule has 3 heteroatoms. The van der Waals surface area contributed by atoms with Crippen LogP contribution in [0.4, 0.5) is 0 Å². The number of nitrogens with zero attached hydrogens (tertiary/aromatic N) is 1. The molecule has 0 amide bonds. The Morgan fingerprint density at radius 1 is 0.905 bits per heavy atom. The van der Waals surface area contributed by atoms with Crippen LogP contribution in [0.15, 0.2) is 24.8 Å². The SMILES string of the molecule is C=CC(=C)CCN([Si](C)(C)C(C)(C)C)[Si](C)(C)C(C)(C)C. The van der Waals surface area contributed by atoms with Crippen molar-refractivity contribution < 1.29 is 0 Å². The van der Waals surface area contributed by atoms with E-state index in [2.05, 4.69) is 85.1 Å². The molecular weight excluding hydrogens is 286 g/mol. The van der Waals surface area contributed by atoms with Gasteiger partial charge in [0.25, 0.3) is 0 Å². The topological polar surface area (TPSA) is 3.24 Å². The molecule has 0 N–H and O–H groups in total. The first kappa shape index (κ1) is 20.9. The summed E-state index contributed by atoms with van der Waals surface area (Å²) in [6.45, 7) is 33.8. The van der Waals surface area contributed by atoms with E-state index in [0.29, 0.717) is 10.1 Å². The number of allylic oxidation sites excluding steroid dienone is 1. The van der Waals surface area contributed by atoms with Crippen molar-refractivity contribution in [3.8, 4) is 0 Å². The van der Waals surface area contributed by atoms with Gasteiger partial charge in [-0.3, -0.25) is 0 Å². The lowest BCUT2D eigenvalue weighted by atomic mass is 10.2. The van der Waals surface area contributed by atoms with Crippen LogP contribution in [-0.2, 0) is 0 Å². The van der Waals surface area contributed by atoms with Gasteiger partial charge in [-0.2, -0.15) is 0 Å². The molecule has 0 saturated heterocycles. The average Bonchev–Trinajstić information content (AvgIpc) is 2.25. The van der Waals surface area contributed by atoms with Crippen molar-refractivity contribution in [3.63, 3.8) is 0 Å². The van der Waals surface area contributed by atoms with E-state index in [1.807, 2.05) is 6.08 Å². The number of hydrogen-bond acceptors (Lipinski definition) is 1. The molecule has 1 nitrogen and oxygen atoms in total. The molecule has 0 spiro atoms. The van der Waals surface area contributed by atoms with E-state index in [-0.39, 0.29) is 0 Å². The van der Waals surface area contributed by atoms with Crippen molar-refractivity contribution in [2.24, 2.45) is 0 Å². The fraction of sp³-hybridized carbons (Fsp3) is 0.778. The third-order valence-electron chi connectivity index (χ3n) is 5.97. The maximum absolute atomic E-state index is 4.12. The molecule has 0 bridgehead atoms. The second kappa shape index (κ2) is 6.55. The Kier molecular flexibility index (Phi) is 6.51. The molecule has 0 saturated carbocycles. The summed E-state index contributed by atoms with van der Waals surface area (Å²) < 4.78 is 2.95. The molecule has 0 rings (SSSR count). The van der Waals surface area contributed by atoms with Gasteiger partial charge in [0.15, 0.2) is 0 Å². The van der Waals surface area contributed by atoms with E-state index in [4.69, 9.17) is 0 Å². The Morgan fingerprint density at radius 3 is 1.48 bits per heavy atom. The maximum atomic E-state index is 4.12. The summed E-state index contributed by atoms with van der Waals surface area (Å²) in [4.78, 5) is 0. The third-order valence-corrected chi connectivity index (χ3v) is 19.8. The van der Waals surface area contributed by atoms with Crippen LogP contribution in [0.1, 0.15) is 48.0 Å². The van der Waals surface area contributed by atoms with Crippen molar-refractivity contribution in [1.82, 2.24) is 4.23 Å². The lowest BCUT2D eigenvalue weighted by Crippen LogP contribution is -2.68. The maximum Gasteiger partial charge on any atom is 0.121 e. The first-order valence-corrected chi connectivity index (χ1v) is 14.1. The minimum atomic E-state index is -1.54. The van der Waals surface area contributed by atoms with Crippen molar-refractivity contribution in [2.75, 3.05) is 6.54 Å². The molecule has 0 aromatic rings. The van der Waals surface area contributed by atoms with Gasteiger partial charge in [-0.05, 0) is 23.0 Å². The lowest BCUT2D eigenvalue weighted by molar-refractivity contribution is 0.514. The summed E-state index contributed by atoms with van der Waals surface area (Å²) >= 11 is 0. The van der Waals surface area contributed by atoms with E-state index >= 15 is 0 Å². The lowest BCUT2D eigenvalue weighted by Gasteiger charge is -2.57. The van der Waals surface area contributed by atoms with Crippen LogP contribution >= 0.6 is 0 Å². The van der Waals surface area contributed by atoms with Gasteiger partial charge in [0.2, 0.25) is 0 Å². The fourth-order valence-electron chi connectivity index (χ4n) is 2.43. The average molecular weight is 326 g/mol. The second-order valence-corrected chi connectivity index (χ2v) is 20.1. The minimum absolute atomic E-state index is 0.373. The van der Waals surface area contributed by atoms with Gasteiger partial charge in [-0.25, -0.2) is 0 Å². The van der Waals surface area contributed by atoms with E-state index in [1.165, 1.54) is 0 Å². The summed E-state index contributed by atoms with van der Waals surface area (Å²) in [6, 6.07) is 0. The number of rotatable bonds is 6. The van der Waals surface area contributed by atoms with Crippen LogP contribution in [0.3, 0.4) is 0 Å². The Hall–Kier alpha value is -0.126. The van der Waals surface area contributed by atoms with E-state index < -0.39 is 16.5 Å². The Bertz CT molecular complexity index is 355. The van der Waals surface area contributed by atoms with E-state index in [1.54, 1.807) is 0 Å². The van der Waals surface area contributed by atoms with Crippen molar-refractivity contribution in [3.05, 3.63) is 24.8 Å². The molecule has 0 aromatic heterocycles. The van der Waals surface area contributed by atoms with Gasteiger partial charge in [0, 0.05) is 0 Å². The Labute approximate surface area is 136 Å². The second-order valence-electron chi connectivity index (χ2n) is 9.38. The molecular formula is C18H39NSi2. The largest absolute Gasteiger partial charge is 0.345 e. The van der Waals surface area contributed by atoms with Crippen LogP contribution in [0.5, 0.6) is 0 Å². The van der Waals surface area contributed by atoms with Crippen LogP contribution in [0, 0.1) is 0 Å². The molecule has 0 heterocycles. The summed E-state index contributed by atoms with van der Waals surface area (Å²) in [6.07, 6.45) is 2.96. The van der Waals surface area contributed by atoms with Crippen LogP contribution in [0.25, 0.3) is 0 Å². The molecule has 124 valence electrons. The molecule has 0 aliphatic rings. The highest BCUT2D eigenvalue weighted by atomic mass is 28.4. The van der Waals surface area contributed by atoms with Gasteiger partial charge in [0.05, 0.1) is 0 Å². The summed E-state index contributed by atoms with van der Waals surface area (Å²) in [5.41, 5.74) is 1.16. The first-order chi connectivity index (χ1) is 9.09. The molecule has 0 radical (unpaired) electrons. The van der Waals surface area contributed by atoms with Gasteiger partial charge < -0.3 is 4.23 Å². The normalized spacial score (nSPS) is 14.4. The van der Waals surface area contributed by atoms with Gasteiger partial charge in [0.1, 0.15) is 16.5 Å². The van der Waals surface area contributed by atoms with E-state index in [0.717, 1.165) is 18.5 Å². The summed E-state index contributed by atoms with van der Waals surface area (Å²) in [5, 5.41) is 0.746. The molecule has 0 atom stereocenters. The van der Waals surface area contributed by atoms with E-state index in [9.17, 15) is 0 Å². The molecule has 0 aliphatic heterocycles. The molecule has 0 aliphatic carbocycles. The minimum Gasteiger partial charge on any atom is -0.345 e. The standard InChI is InChI=1S/C18H39NSi2/c1-13-16(2)14-15-19(20(9,10)17(3,4)5)21(11,12)18(6,7)8/h13H,1-2,14-15H2,3-12H3. The zero-order valence-corrected chi connectivity index (χ0v) is 18.4. The summed E-state index contributed by atoms with van der Waals surface area (Å²) in [5.74, 6) is 0. The third kappa shape index (κ3) is 4.67. The predicted octanol–water partition coefficient (Wildman–Crippen LogP) is 6.43. The number of hydrogen-bond donors (Lipinski definition) is 0. The smallest absolute Gasteiger partial charge is 0.121 e. The fourth-order valence-corrected chi connectivity index (χ4v) is 13.0. The van der Waals surface area contributed by atoms with Crippen molar-refractivity contribution >= 4 is 16.5 Å². The van der Waals surface area contributed by atoms with Crippen molar-refractivity contribution in [1.29, 1.82) is 0 Å². The monoisotopic (exact) mass is 325 g/mol. The quantitative estimate of drug-likeness (QED) is 0.401. The molecule has 0 aromatic carbocycles. The summed E-state index contributed by atoms with van der Waals surface area (Å²) in [7, 11) is -3.08. The zero-order valence-electron chi connectivity index (χ0n) is 16.4. The van der Waals surface area contributed by atoms with Crippen LogP contribution in [0.2, 0.25) is 36.3 Å². The van der Waals surface area contributed by atoms with Crippen molar-refractivity contribution in [2.45, 2.75) is 84.2 Å². The highest BCUT2D eigenvalue weighted by Gasteiger charge is 2.51. The molecule has 21 heavy (non-hydrogen) atoms. The van der Waals surface area contributed by atoms with Gasteiger partial charge in [-0.15, -0.1) is 0 Å². The molecule has 0 unspecified atom stereocenters. The van der Waals surface area contributed by atoms with Crippen LogP contribution < -0.4 is 0 Å². The highest BCUT2D eigenvalue weighted by molar-refractivity contribution is 6.93. The predicted molar refractivity (Wildman–Crippen MR) is 105 cm³/mol. The first-order valence-electron chi connectivity index (χ1n) is 8.17. The molecule has 0 fully saturated rings. The Morgan fingerprint density at radius 2 is 1.24 bits per heavy atom.